The van der Waals surface area contributed by atoms with E-state index in [1.807, 2.05) is 0 Å². The van der Waals surface area contributed by atoms with Gasteiger partial charge in [-0.1, -0.05) is 23.2 Å². The highest BCUT2D eigenvalue weighted by Gasteiger charge is 2.18. The summed E-state index contributed by atoms with van der Waals surface area (Å²) >= 11 is 12.0. The molecular formula is C25H20Cl2F2N4O4S. The van der Waals surface area contributed by atoms with Crippen LogP contribution in [0.1, 0.15) is 15.9 Å². The molecule has 0 saturated heterocycles. The summed E-state index contributed by atoms with van der Waals surface area (Å²) in [7, 11) is -1.89. The highest BCUT2D eigenvalue weighted by atomic mass is 35.5. The van der Waals surface area contributed by atoms with E-state index in [1.165, 1.54) is 42.6 Å². The smallest absolute Gasteiger partial charge is 0.257 e. The van der Waals surface area contributed by atoms with Gasteiger partial charge in [0.05, 0.1) is 29.4 Å². The van der Waals surface area contributed by atoms with Gasteiger partial charge < -0.3 is 14.6 Å². The molecule has 0 spiro atoms. The Morgan fingerprint density at radius 1 is 1.00 bits per heavy atom. The maximum absolute atomic E-state index is 14.0. The number of nitrogens with zero attached hydrogens (tertiary/aromatic N) is 2. The van der Waals surface area contributed by atoms with Crippen LogP contribution >= 0.6 is 23.2 Å². The van der Waals surface area contributed by atoms with E-state index < -0.39 is 27.6 Å². The summed E-state index contributed by atoms with van der Waals surface area (Å²) in [6, 6.07) is 10.9. The summed E-state index contributed by atoms with van der Waals surface area (Å²) in [5.74, 6) is -1.62. The Labute approximate surface area is 227 Å². The van der Waals surface area contributed by atoms with Gasteiger partial charge in [0.1, 0.15) is 23.9 Å². The molecule has 2 aromatic heterocycles. The normalized spacial score (nSPS) is 11.3. The SMILES string of the molecule is Cn1cc(C(=O)Nc2cc(Cl)cc(NS(C)(=O)=O)c2)cc1-c1ncc(F)cc1OCc1cc(F)cc(Cl)c1. The zero-order chi connectivity index (χ0) is 27.6. The summed E-state index contributed by atoms with van der Waals surface area (Å²) in [5, 5.41) is 3.07. The average molecular weight is 581 g/mol. The summed E-state index contributed by atoms with van der Waals surface area (Å²) in [6.07, 6.45) is 3.54. The predicted molar refractivity (Wildman–Crippen MR) is 142 cm³/mol. The molecule has 198 valence electrons. The van der Waals surface area contributed by atoms with Crippen LogP contribution in [0.25, 0.3) is 11.4 Å². The lowest BCUT2D eigenvalue weighted by molar-refractivity contribution is 0.102. The fourth-order valence-electron chi connectivity index (χ4n) is 3.64. The molecule has 4 aromatic rings. The number of rotatable bonds is 8. The second-order valence-corrected chi connectivity index (χ2v) is 11.0. The topological polar surface area (TPSA) is 102 Å². The van der Waals surface area contributed by atoms with E-state index in [2.05, 4.69) is 15.0 Å². The van der Waals surface area contributed by atoms with E-state index in [9.17, 15) is 22.0 Å². The Hall–Kier alpha value is -3.67. The van der Waals surface area contributed by atoms with E-state index >= 15 is 0 Å². The number of anilines is 2. The minimum Gasteiger partial charge on any atom is -0.486 e. The molecule has 2 heterocycles. The van der Waals surface area contributed by atoms with Crippen molar-refractivity contribution in [3.05, 3.63) is 93.7 Å². The Balaban J connectivity index is 1.58. The van der Waals surface area contributed by atoms with Crippen LogP contribution in [-0.2, 0) is 23.7 Å². The number of hydrogen-bond acceptors (Lipinski definition) is 5. The second kappa shape index (κ2) is 11.0. The summed E-state index contributed by atoms with van der Waals surface area (Å²) < 4.78 is 60.4. The van der Waals surface area contributed by atoms with Gasteiger partial charge in [0.2, 0.25) is 10.0 Å². The van der Waals surface area contributed by atoms with Gasteiger partial charge in [0.15, 0.2) is 5.75 Å². The number of aromatic nitrogens is 2. The van der Waals surface area contributed by atoms with Crippen molar-refractivity contribution >= 4 is 50.5 Å². The number of carbonyl (C=O) groups excluding carboxylic acids is 1. The number of amides is 1. The van der Waals surface area contributed by atoms with Crippen LogP contribution in [0, 0.1) is 11.6 Å². The lowest BCUT2D eigenvalue weighted by Crippen LogP contribution is -2.13. The number of sulfonamides is 1. The third kappa shape index (κ3) is 7.00. The van der Waals surface area contributed by atoms with Gasteiger partial charge in [-0.3, -0.25) is 9.52 Å². The largest absolute Gasteiger partial charge is 0.486 e. The molecule has 2 aromatic carbocycles. The Bertz CT molecular complexity index is 1620. The van der Waals surface area contributed by atoms with Gasteiger partial charge >= 0.3 is 0 Å². The van der Waals surface area contributed by atoms with E-state index in [0.29, 0.717) is 11.3 Å². The average Bonchev–Trinajstić information content (AvgIpc) is 3.17. The van der Waals surface area contributed by atoms with Crippen molar-refractivity contribution in [2.45, 2.75) is 6.61 Å². The third-order valence-electron chi connectivity index (χ3n) is 5.10. The molecule has 0 aliphatic rings. The number of pyridine rings is 1. The number of carbonyl (C=O) groups is 1. The van der Waals surface area contributed by atoms with Crippen LogP contribution in [0.5, 0.6) is 5.75 Å². The molecule has 0 bridgehead atoms. The van der Waals surface area contributed by atoms with Crippen molar-refractivity contribution in [1.29, 1.82) is 0 Å². The zero-order valence-electron chi connectivity index (χ0n) is 19.9. The fourth-order valence-corrected chi connectivity index (χ4v) is 4.67. The number of ether oxygens (including phenoxy) is 1. The number of benzene rings is 2. The molecular weight excluding hydrogens is 561 g/mol. The van der Waals surface area contributed by atoms with E-state index in [-0.39, 0.29) is 45.0 Å². The molecule has 0 radical (unpaired) electrons. The molecule has 0 unspecified atom stereocenters. The molecule has 2 N–H and O–H groups in total. The molecule has 38 heavy (non-hydrogen) atoms. The summed E-state index contributed by atoms with van der Waals surface area (Å²) in [4.78, 5) is 17.1. The van der Waals surface area contributed by atoms with Crippen molar-refractivity contribution in [2.24, 2.45) is 7.05 Å². The maximum atomic E-state index is 14.0. The first-order valence-corrected chi connectivity index (χ1v) is 13.5. The van der Waals surface area contributed by atoms with Gasteiger partial charge in [-0.25, -0.2) is 22.2 Å². The molecule has 0 aliphatic carbocycles. The van der Waals surface area contributed by atoms with E-state index in [4.69, 9.17) is 27.9 Å². The van der Waals surface area contributed by atoms with Gasteiger partial charge in [-0.15, -0.1) is 0 Å². The number of halogens is 4. The van der Waals surface area contributed by atoms with Crippen molar-refractivity contribution in [3.8, 4) is 17.1 Å². The quantitative estimate of drug-likeness (QED) is 0.271. The molecule has 0 fully saturated rings. The number of nitrogens with one attached hydrogen (secondary N) is 2. The van der Waals surface area contributed by atoms with Crippen LogP contribution in [-0.4, -0.2) is 30.1 Å². The monoisotopic (exact) mass is 580 g/mol. The zero-order valence-corrected chi connectivity index (χ0v) is 22.3. The van der Waals surface area contributed by atoms with E-state index in [0.717, 1.165) is 24.6 Å². The van der Waals surface area contributed by atoms with Crippen LogP contribution in [0.2, 0.25) is 10.0 Å². The maximum Gasteiger partial charge on any atom is 0.257 e. The van der Waals surface area contributed by atoms with Gasteiger partial charge in [0, 0.05) is 35.0 Å². The van der Waals surface area contributed by atoms with Crippen molar-refractivity contribution < 1.29 is 26.7 Å². The molecule has 0 atom stereocenters. The summed E-state index contributed by atoms with van der Waals surface area (Å²) in [6.45, 7) is -0.105. The van der Waals surface area contributed by atoms with Crippen LogP contribution in [0.15, 0.2) is 60.9 Å². The minimum atomic E-state index is -3.55. The lowest BCUT2D eigenvalue weighted by Gasteiger charge is -2.12. The molecule has 13 heteroatoms. The first kappa shape index (κ1) is 27.4. The van der Waals surface area contributed by atoms with Crippen LogP contribution in [0.4, 0.5) is 20.2 Å². The van der Waals surface area contributed by atoms with Gasteiger partial charge in [-0.05, 0) is 48.0 Å². The fraction of sp³-hybridized carbons (Fsp3) is 0.120. The molecule has 0 saturated carbocycles. The Morgan fingerprint density at radius 3 is 2.42 bits per heavy atom. The van der Waals surface area contributed by atoms with E-state index in [1.54, 1.807) is 11.6 Å². The molecule has 1 amide bonds. The Kier molecular flexibility index (Phi) is 7.91. The standard InChI is InChI=1S/C25H20Cl2F2N4O4S/c1-33-12-15(25(34)31-20-7-17(27)8-21(10-20)32-38(2,35)36)5-22(33)24-23(9-19(29)11-30-24)37-13-14-3-16(26)6-18(28)4-14/h3-12,32H,13H2,1-2H3,(H,31,34). The third-order valence-corrected chi connectivity index (χ3v) is 6.15. The number of aryl methyl sites for hydroxylation is 1. The highest BCUT2D eigenvalue weighted by molar-refractivity contribution is 7.92. The van der Waals surface area contributed by atoms with Gasteiger partial charge in [-0.2, -0.15) is 0 Å². The molecule has 4 rings (SSSR count). The number of hydrogen-bond donors (Lipinski definition) is 2. The Morgan fingerprint density at radius 2 is 1.71 bits per heavy atom. The van der Waals surface area contributed by atoms with Crippen molar-refractivity contribution in [1.82, 2.24) is 9.55 Å². The lowest BCUT2D eigenvalue weighted by atomic mass is 10.2. The first-order valence-electron chi connectivity index (χ1n) is 10.9. The minimum absolute atomic E-state index is 0.0740. The van der Waals surface area contributed by atoms with Crippen LogP contribution < -0.4 is 14.8 Å². The van der Waals surface area contributed by atoms with Crippen molar-refractivity contribution in [2.75, 3.05) is 16.3 Å². The second-order valence-electron chi connectivity index (χ2n) is 8.35. The first-order chi connectivity index (χ1) is 17.9. The molecule has 8 nitrogen and oxygen atoms in total. The van der Waals surface area contributed by atoms with Crippen molar-refractivity contribution in [3.63, 3.8) is 0 Å². The highest BCUT2D eigenvalue weighted by Crippen LogP contribution is 2.31. The molecule has 0 aliphatic heterocycles. The predicted octanol–water partition coefficient (Wildman–Crippen LogP) is 5.87. The van der Waals surface area contributed by atoms with Crippen LogP contribution in [0.3, 0.4) is 0 Å². The summed E-state index contributed by atoms with van der Waals surface area (Å²) in [5.41, 5.74) is 1.79. The van der Waals surface area contributed by atoms with Gasteiger partial charge in [0.25, 0.3) is 5.91 Å².